The van der Waals surface area contributed by atoms with Gasteiger partial charge in [0.05, 0.1) is 17.1 Å². The summed E-state index contributed by atoms with van der Waals surface area (Å²) in [5, 5.41) is 3.18. The number of amides is 1. The van der Waals surface area contributed by atoms with Crippen molar-refractivity contribution in [3.63, 3.8) is 0 Å². The first-order valence-electron chi connectivity index (χ1n) is 11.0. The molecular formula is C25H26N4O3S2. The molecule has 0 saturated carbocycles. The first-order valence-corrected chi connectivity index (χ1v) is 12.3. The van der Waals surface area contributed by atoms with E-state index >= 15 is 0 Å². The van der Waals surface area contributed by atoms with Crippen molar-refractivity contribution in [2.24, 2.45) is 0 Å². The van der Waals surface area contributed by atoms with Crippen LogP contribution in [0, 0.1) is 6.92 Å². The molecule has 1 saturated heterocycles. The number of hydrogen-bond acceptors (Lipinski definition) is 7. The molecule has 4 rings (SSSR count). The molecule has 1 aliphatic heterocycles. The molecule has 0 bridgehead atoms. The Morgan fingerprint density at radius 2 is 1.97 bits per heavy atom. The van der Waals surface area contributed by atoms with Gasteiger partial charge < -0.3 is 10.1 Å². The van der Waals surface area contributed by atoms with Crippen LogP contribution < -0.4 is 10.9 Å². The standard InChI is InChI=1S/C25H26N4O3S2/c1-17-8-6-13-28-22(17)27-21(26-12-15-32-2)19(23(28)30)16-20-24(31)29(25(33)34-20)14-7-11-18-9-4-3-5-10-18/h3-6,8-10,13,16,26H,7,11-12,14-15H2,1-2H3. The fraction of sp³-hybridized carbons (Fsp3) is 0.280. The van der Waals surface area contributed by atoms with Crippen molar-refractivity contribution >= 4 is 51.7 Å². The van der Waals surface area contributed by atoms with Crippen molar-refractivity contribution in [3.8, 4) is 0 Å². The zero-order valence-corrected chi connectivity index (χ0v) is 20.7. The molecule has 2 aromatic heterocycles. The Morgan fingerprint density at radius 3 is 2.74 bits per heavy atom. The van der Waals surface area contributed by atoms with E-state index < -0.39 is 0 Å². The highest BCUT2D eigenvalue weighted by Crippen LogP contribution is 2.33. The van der Waals surface area contributed by atoms with Crippen LogP contribution in [0.1, 0.15) is 23.1 Å². The number of rotatable bonds is 9. The zero-order valence-electron chi connectivity index (χ0n) is 19.1. The number of thiocarbonyl (C=S) groups is 1. The molecule has 0 aliphatic carbocycles. The number of aryl methyl sites for hydroxylation is 2. The van der Waals surface area contributed by atoms with Crippen LogP contribution in [0.5, 0.6) is 0 Å². The fourth-order valence-corrected chi connectivity index (χ4v) is 5.05. The van der Waals surface area contributed by atoms with Crippen LogP contribution in [0.25, 0.3) is 11.7 Å². The fourth-order valence-electron chi connectivity index (χ4n) is 3.76. The number of carbonyl (C=O) groups is 1. The van der Waals surface area contributed by atoms with Gasteiger partial charge in [0, 0.05) is 26.4 Å². The molecule has 34 heavy (non-hydrogen) atoms. The van der Waals surface area contributed by atoms with Gasteiger partial charge >= 0.3 is 0 Å². The summed E-state index contributed by atoms with van der Waals surface area (Å²) in [6.07, 6.45) is 4.95. The van der Waals surface area contributed by atoms with Crippen LogP contribution in [0.3, 0.4) is 0 Å². The minimum atomic E-state index is -0.247. The number of nitrogens with zero attached hydrogens (tertiary/aromatic N) is 3. The molecule has 1 amide bonds. The number of benzene rings is 1. The van der Waals surface area contributed by atoms with Crippen LogP contribution in [0.15, 0.2) is 58.4 Å². The second-order valence-electron chi connectivity index (χ2n) is 7.91. The van der Waals surface area contributed by atoms with E-state index in [4.69, 9.17) is 17.0 Å². The number of carbonyl (C=O) groups excluding carboxylic acids is 1. The number of hydrogen-bond donors (Lipinski definition) is 1. The van der Waals surface area contributed by atoms with E-state index in [0.29, 0.717) is 46.0 Å². The molecule has 1 aliphatic rings. The first-order chi connectivity index (χ1) is 16.5. The molecule has 1 N–H and O–H groups in total. The van der Waals surface area contributed by atoms with Crippen LogP contribution in [-0.2, 0) is 16.0 Å². The third-order valence-electron chi connectivity index (χ3n) is 5.52. The summed E-state index contributed by atoms with van der Waals surface area (Å²) < 4.78 is 7.13. The molecule has 3 aromatic rings. The van der Waals surface area contributed by atoms with Gasteiger partial charge in [-0.2, -0.15) is 0 Å². The summed E-state index contributed by atoms with van der Waals surface area (Å²) in [6, 6.07) is 13.9. The molecule has 3 heterocycles. The van der Waals surface area contributed by atoms with Gasteiger partial charge in [0.1, 0.15) is 15.8 Å². The highest BCUT2D eigenvalue weighted by atomic mass is 32.2. The second-order valence-corrected chi connectivity index (χ2v) is 9.58. The normalized spacial score (nSPS) is 15.0. The molecule has 1 fully saturated rings. The maximum atomic E-state index is 13.4. The molecule has 1 aromatic carbocycles. The lowest BCUT2D eigenvalue weighted by Crippen LogP contribution is -2.29. The van der Waals surface area contributed by atoms with Crippen molar-refractivity contribution in [1.29, 1.82) is 0 Å². The molecule has 0 radical (unpaired) electrons. The summed E-state index contributed by atoms with van der Waals surface area (Å²) in [4.78, 5) is 33.2. The largest absolute Gasteiger partial charge is 0.383 e. The highest BCUT2D eigenvalue weighted by molar-refractivity contribution is 8.26. The van der Waals surface area contributed by atoms with Crippen molar-refractivity contribution in [3.05, 3.63) is 80.6 Å². The molecular weight excluding hydrogens is 468 g/mol. The molecule has 176 valence electrons. The summed E-state index contributed by atoms with van der Waals surface area (Å²) in [7, 11) is 1.61. The minimum absolute atomic E-state index is 0.181. The summed E-state index contributed by atoms with van der Waals surface area (Å²) >= 11 is 6.70. The van der Waals surface area contributed by atoms with E-state index in [1.807, 2.05) is 31.2 Å². The highest BCUT2D eigenvalue weighted by Gasteiger charge is 2.32. The number of methoxy groups -OCH3 is 1. The average molecular weight is 495 g/mol. The van der Waals surface area contributed by atoms with Crippen molar-refractivity contribution in [1.82, 2.24) is 14.3 Å². The molecule has 0 unspecified atom stereocenters. The van der Waals surface area contributed by atoms with Crippen LogP contribution in [-0.4, -0.2) is 51.3 Å². The molecule has 7 nitrogen and oxygen atoms in total. The monoisotopic (exact) mass is 494 g/mol. The maximum absolute atomic E-state index is 13.4. The van der Waals surface area contributed by atoms with Gasteiger partial charge in [-0.15, -0.1) is 0 Å². The van der Waals surface area contributed by atoms with Gasteiger partial charge in [-0.3, -0.25) is 18.9 Å². The van der Waals surface area contributed by atoms with Crippen molar-refractivity contribution < 1.29 is 9.53 Å². The van der Waals surface area contributed by atoms with Crippen LogP contribution in [0.2, 0.25) is 0 Å². The lowest BCUT2D eigenvalue weighted by Gasteiger charge is -2.14. The van der Waals surface area contributed by atoms with E-state index in [1.54, 1.807) is 30.3 Å². The van der Waals surface area contributed by atoms with Crippen molar-refractivity contribution in [2.45, 2.75) is 19.8 Å². The summed E-state index contributed by atoms with van der Waals surface area (Å²) in [5.41, 5.74) is 2.75. The number of fused-ring (bicyclic) bond motifs is 1. The van der Waals surface area contributed by atoms with Crippen LogP contribution >= 0.6 is 24.0 Å². The van der Waals surface area contributed by atoms with Gasteiger partial charge in [0.25, 0.3) is 11.5 Å². The quantitative estimate of drug-likeness (QED) is 0.275. The summed E-state index contributed by atoms with van der Waals surface area (Å²) in [6.45, 7) is 3.37. The van der Waals surface area contributed by atoms with Crippen LogP contribution in [0.4, 0.5) is 5.82 Å². The second kappa shape index (κ2) is 10.9. The lowest BCUT2D eigenvalue weighted by molar-refractivity contribution is -0.122. The summed E-state index contributed by atoms with van der Waals surface area (Å²) in [5.74, 6) is 0.241. The predicted octanol–water partition coefficient (Wildman–Crippen LogP) is 3.90. The first kappa shape index (κ1) is 24.1. The minimum Gasteiger partial charge on any atom is -0.383 e. The average Bonchev–Trinajstić information content (AvgIpc) is 3.10. The third-order valence-corrected chi connectivity index (χ3v) is 6.90. The van der Waals surface area contributed by atoms with E-state index in [-0.39, 0.29) is 11.5 Å². The predicted molar refractivity (Wildman–Crippen MR) is 141 cm³/mol. The van der Waals surface area contributed by atoms with Gasteiger partial charge in [-0.05, 0) is 43.0 Å². The number of aromatic nitrogens is 2. The van der Waals surface area contributed by atoms with Gasteiger partial charge in [0.2, 0.25) is 0 Å². The SMILES string of the molecule is COCCNc1nc2c(C)cccn2c(=O)c1C=C1SC(=S)N(CCCc2ccccc2)C1=O. The van der Waals surface area contributed by atoms with E-state index in [0.717, 1.165) is 18.4 Å². The van der Waals surface area contributed by atoms with Gasteiger partial charge in [-0.25, -0.2) is 4.98 Å². The number of thioether (sulfide) groups is 1. The third kappa shape index (κ3) is 5.22. The molecule has 0 spiro atoms. The number of nitrogens with one attached hydrogen (secondary N) is 1. The Labute approximate surface area is 207 Å². The maximum Gasteiger partial charge on any atom is 0.267 e. The van der Waals surface area contributed by atoms with Gasteiger partial charge in [-0.1, -0.05) is 60.4 Å². The smallest absolute Gasteiger partial charge is 0.267 e. The number of pyridine rings is 1. The van der Waals surface area contributed by atoms with E-state index in [2.05, 4.69) is 22.4 Å². The lowest BCUT2D eigenvalue weighted by atomic mass is 10.1. The Kier molecular flexibility index (Phi) is 7.77. The molecule has 9 heteroatoms. The zero-order chi connectivity index (χ0) is 24.1. The van der Waals surface area contributed by atoms with Crippen molar-refractivity contribution in [2.75, 3.05) is 32.1 Å². The Balaban J connectivity index is 1.61. The topological polar surface area (TPSA) is 75.9 Å². The molecule has 0 atom stereocenters. The Bertz CT molecular complexity index is 1300. The number of anilines is 1. The Hall–Kier alpha value is -3.01. The Morgan fingerprint density at radius 1 is 1.18 bits per heavy atom. The van der Waals surface area contributed by atoms with E-state index in [9.17, 15) is 9.59 Å². The van der Waals surface area contributed by atoms with E-state index in [1.165, 1.54) is 21.7 Å². The van der Waals surface area contributed by atoms with Gasteiger partial charge in [0.15, 0.2) is 0 Å². The number of ether oxygens (including phenoxy) is 1.